The fraction of sp³-hybridized carbons (Fsp3) is 0.625. The van der Waals surface area contributed by atoms with Crippen molar-refractivity contribution in [3.05, 3.63) is 23.8 Å². The van der Waals surface area contributed by atoms with Crippen molar-refractivity contribution in [2.24, 2.45) is 0 Å². The van der Waals surface area contributed by atoms with Gasteiger partial charge in [0.15, 0.2) is 0 Å². The standard InChI is InChI=1S/C16H25N3/c17-15-12-13(4-3-9-18-14-6-7-14)5-8-16(15)19-10-1-2-11-19/h5,8,12,14,18H,1-4,6-7,9-11,17H2. The van der Waals surface area contributed by atoms with Crippen LogP contribution in [-0.4, -0.2) is 25.7 Å². The summed E-state index contributed by atoms with van der Waals surface area (Å²) in [6, 6.07) is 7.46. The summed E-state index contributed by atoms with van der Waals surface area (Å²) in [5.74, 6) is 0. The lowest BCUT2D eigenvalue weighted by atomic mass is 10.1. The Balaban J connectivity index is 1.52. The van der Waals surface area contributed by atoms with Crippen molar-refractivity contribution in [2.45, 2.75) is 44.6 Å². The number of anilines is 2. The first-order chi connectivity index (χ1) is 9.33. The van der Waals surface area contributed by atoms with Gasteiger partial charge in [0.2, 0.25) is 0 Å². The van der Waals surface area contributed by atoms with Crippen molar-refractivity contribution in [2.75, 3.05) is 30.3 Å². The van der Waals surface area contributed by atoms with Gasteiger partial charge in [-0.3, -0.25) is 0 Å². The molecule has 1 aliphatic carbocycles. The summed E-state index contributed by atoms with van der Waals surface area (Å²) in [5, 5.41) is 3.56. The summed E-state index contributed by atoms with van der Waals surface area (Å²) >= 11 is 0. The number of nitrogen functional groups attached to an aromatic ring is 1. The maximum absolute atomic E-state index is 6.21. The molecule has 1 aromatic carbocycles. The molecule has 1 aromatic rings. The van der Waals surface area contributed by atoms with Crippen molar-refractivity contribution in [3.63, 3.8) is 0 Å². The van der Waals surface area contributed by atoms with E-state index in [2.05, 4.69) is 28.4 Å². The molecule has 0 spiro atoms. The third-order valence-corrected chi connectivity index (χ3v) is 4.19. The molecule has 3 heteroatoms. The Bertz CT molecular complexity index is 420. The second-order valence-electron chi connectivity index (χ2n) is 5.92. The Morgan fingerprint density at radius 3 is 2.68 bits per heavy atom. The third kappa shape index (κ3) is 3.41. The number of aryl methyl sites for hydroxylation is 1. The van der Waals surface area contributed by atoms with Gasteiger partial charge >= 0.3 is 0 Å². The van der Waals surface area contributed by atoms with Gasteiger partial charge in [0.1, 0.15) is 0 Å². The normalized spacial score (nSPS) is 19.1. The van der Waals surface area contributed by atoms with E-state index in [1.807, 2.05) is 0 Å². The minimum atomic E-state index is 0.822. The Labute approximate surface area is 116 Å². The lowest BCUT2D eigenvalue weighted by Gasteiger charge is -2.20. The van der Waals surface area contributed by atoms with Crippen LogP contribution in [0.3, 0.4) is 0 Å². The minimum absolute atomic E-state index is 0.822. The highest BCUT2D eigenvalue weighted by Gasteiger charge is 2.19. The molecule has 2 fully saturated rings. The average Bonchev–Trinajstić information content (AvgIpc) is 3.08. The van der Waals surface area contributed by atoms with Crippen molar-refractivity contribution >= 4 is 11.4 Å². The maximum Gasteiger partial charge on any atom is 0.0600 e. The Morgan fingerprint density at radius 1 is 1.21 bits per heavy atom. The molecule has 0 amide bonds. The van der Waals surface area contributed by atoms with Crippen molar-refractivity contribution in [3.8, 4) is 0 Å². The highest BCUT2D eigenvalue weighted by molar-refractivity contribution is 5.68. The predicted octanol–water partition coefficient (Wildman–Crippen LogP) is 2.55. The monoisotopic (exact) mass is 259 g/mol. The van der Waals surface area contributed by atoms with E-state index >= 15 is 0 Å². The number of nitrogens with two attached hydrogens (primary N) is 1. The van der Waals surface area contributed by atoms with Gasteiger partial charge in [0.25, 0.3) is 0 Å². The lowest BCUT2D eigenvalue weighted by Crippen LogP contribution is -2.19. The summed E-state index contributed by atoms with van der Waals surface area (Å²) in [6.07, 6.45) is 7.68. The van der Waals surface area contributed by atoms with E-state index in [-0.39, 0.29) is 0 Å². The Kier molecular flexibility index (Phi) is 3.92. The van der Waals surface area contributed by atoms with Crippen LogP contribution in [-0.2, 0) is 6.42 Å². The highest BCUT2D eigenvalue weighted by atomic mass is 15.1. The molecular formula is C16H25N3. The second-order valence-corrected chi connectivity index (χ2v) is 5.92. The molecule has 3 nitrogen and oxygen atoms in total. The molecule has 1 aliphatic heterocycles. The van der Waals surface area contributed by atoms with Crippen LogP contribution in [0.5, 0.6) is 0 Å². The first kappa shape index (κ1) is 12.8. The molecule has 2 aliphatic rings. The molecule has 0 atom stereocenters. The molecule has 0 bridgehead atoms. The van der Waals surface area contributed by atoms with Crippen LogP contribution in [0, 0.1) is 0 Å². The number of hydrogen-bond acceptors (Lipinski definition) is 3. The van der Waals surface area contributed by atoms with Gasteiger partial charge < -0.3 is 16.0 Å². The fourth-order valence-electron chi connectivity index (χ4n) is 2.89. The summed E-state index contributed by atoms with van der Waals surface area (Å²) < 4.78 is 0. The largest absolute Gasteiger partial charge is 0.397 e. The summed E-state index contributed by atoms with van der Waals surface area (Å²) in [7, 11) is 0. The molecule has 0 unspecified atom stereocenters. The van der Waals surface area contributed by atoms with Crippen LogP contribution in [0.15, 0.2) is 18.2 Å². The molecule has 1 heterocycles. The smallest absolute Gasteiger partial charge is 0.0600 e. The summed E-state index contributed by atoms with van der Waals surface area (Å²) in [4.78, 5) is 2.41. The zero-order valence-electron chi connectivity index (χ0n) is 11.7. The van der Waals surface area contributed by atoms with Crippen LogP contribution in [0.1, 0.15) is 37.7 Å². The maximum atomic E-state index is 6.21. The molecule has 3 rings (SSSR count). The van der Waals surface area contributed by atoms with Crippen LogP contribution in [0.2, 0.25) is 0 Å². The molecular weight excluding hydrogens is 234 g/mol. The summed E-state index contributed by atoms with van der Waals surface area (Å²) in [5.41, 5.74) is 9.77. The molecule has 0 aromatic heterocycles. The minimum Gasteiger partial charge on any atom is -0.397 e. The Morgan fingerprint density at radius 2 is 2.00 bits per heavy atom. The number of hydrogen-bond donors (Lipinski definition) is 2. The zero-order valence-corrected chi connectivity index (χ0v) is 11.7. The molecule has 19 heavy (non-hydrogen) atoms. The van der Waals surface area contributed by atoms with Crippen LogP contribution >= 0.6 is 0 Å². The van der Waals surface area contributed by atoms with E-state index < -0.39 is 0 Å². The van der Waals surface area contributed by atoms with Crippen LogP contribution < -0.4 is 16.0 Å². The SMILES string of the molecule is Nc1cc(CCCNC2CC2)ccc1N1CCCC1. The second kappa shape index (κ2) is 5.83. The van der Waals surface area contributed by atoms with E-state index in [1.54, 1.807) is 0 Å². The molecule has 0 radical (unpaired) electrons. The van der Waals surface area contributed by atoms with Gasteiger partial charge in [0, 0.05) is 19.1 Å². The molecule has 3 N–H and O–H groups in total. The molecule has 1 saturated carbocycles. The molecule has 1 saturated heterocycles. The van der Waals surface area contributed by atoms with Gasteiger partial charge in [0.05, 0.1) is 11.4 Å². The van der Waals surface area contributed by atoms with E-state index in [4.69, 9.17) is 5.73 Å². The third-order valence-electron chi connectivity index (χ3n) is 4.19. The highest BCUT2D eigenvalue weighted by Crippen LogP contribution is 2.28. The topological polar surface area (TPSA) is 41.3 Å². The first-order valence-electron chi connectivity index (χ1n) is 7.70. The average molecular weight is 259 g/mol. The fourth-order valence-corrected chi connectivity index (χ4v) is 2.89. The quantitative estimate of drug-likeness (QED) is 0.609. The van der Waals surface area contributed by atoms with Crippen molar-refractivity contribution in [1.82, 2.24) is 5.32 Å². The van der Waals surface area contributed by atoms with Gasteiger partial charge in [-0.25, -0.2) is 0 Å². The van der Waals surface area contributed by atoms with Gasteiger partial charge in [-0.15, -0.1) is 0 Å². The van der Waals surface area contributed by atoms with Crippen molar-refractivity contribution in [1.29, 1.82) is 0 Å². The lowest BCUT2D eigenvalue weighted by molar-refractivity contribution is 0.645. The van der Waals surface area contributed by atoms with E-state index in [9.17, 15) is 0 Å². The molecule has 104 valence electrons. The predicted molar refractivity (Wildman–Crippen MR) is 81.6 cm³/mol. The van der Waals surface area contributed by atoms with E-state index in [1.165, 1.54) is 43.4 Å². The first-order valence-corrected chi connectivity index (χ1v) is 7.70. The van der Waals surface area contributed by atoms with Crippen molar-refractivity contribution < 1.29 is 0 Å². The number of benzene rings is 1. The summed E-state index contributed by atoms with van der Waals surface area (Å²) in [6.45, 7) is 3.46. The van der Waals surface area contributed by atoms with Gasteiger partial charge in [-0.1, -0.05) is 6.07 Å². The van der Waals surface area contributed by atoms with E-state index in [0.717, 1.165) is 37.8 Å². The van der Waals surface area contributed by atoms with Gasteiger partial charge in [-0.2, -0.15) is 0 Å². The zero-order chi connectivity index (χ0) is 13.1. The number of nitrogens with one attached hydrogen (secondary N) is 1. The van der Waals surface area contributed by atoms with Crippen LogP contribution in [0.25, 0.3) is 0 Å². The van der Waals surface area contributed by atoms with Gasteiger partial charge in [-0.05, 0) is 62.8 Å². The van der Waals surface area contributed by atoms with E-state index in [0.29, 0.717) is 0 Å². The number of rotatable bonds is 6. The number of nitrogens with zero attached hydrogens (tertiary/aromatic N) is 1. The van der Waals surface area contributed by atoms with Crippen LogP contribution in [0.4, 0.5) is 11.4 Å². The Hall–Kier alpha value is -1.22.